The van der Waals surface area contributed by atoms with E-state index in [0.29, 0.717) is 56.6 Å². The van der Waals surface area contributed by atoms with Gasteiger partial charge in [-0.1, -0.05) is 30.7 Å². The summed E-state index contributed by atoms with van der Waals surface area (Å²) in [6.07, 6.45) is 10.4. The summed E-state index contributed by atoms with van der Waals surface area (Å²) in [7, 11) is -0.657. The van der Waals surface area contributed by atoms with Crippen LogP contribution in [-0.2, 0) is 43.1 Å². The maximum absolute atomic E-state index is 14.8. The lowest BCUT2D eigenvalue weighted by molar-refractivity contribution is -0.152. The van der Waals surface area contributed by atoms with Crippen LogP contribution in [0.3, 0.4) is 0 Å². The third kappa shape index (κ3) is 9.24. The summed E-state index contributed by atoms with van der Waals surface area (Å²) in [6, 6.07) is 11.4. The summed E-state index contributed by atoms with van der Waals surface area (Å²) in [5, 5.41) is 4.87. The Morgan fingerprint density at radius 1 is 1.13 bits per heavy atom. The number of aromatic nitrogens is 2. The molecule has 3 aliphatic heterocycles. The number of fused-ring (bicyclic) bond motifs is 4. The van der Waals surface area contributed by atoms with Gasteiger partial charge in [0.15, 0.2) is 0 Å². The molecule has 1 unspecified atom stereocenters. The Bertz CT molecular complexity index is 2270. The van der Waals surface area contributed by atoms with Crippen LogP contribution in [0.2, 0.25) is 5.02 Å². The van der Waals surface area contributed by atoms with E-state index in [9.17, 15) is 18.6 Å². The predicted octanol–water partition coefficient (Wildman–Crippen LogP) is 5.76. The van der Waals surface area contributed by atoms with E-state index in [4.69, 9.17) is 30.5 Å². The molecule has 2 amide bonds. The molecule has 4 heterocycles. The average Bonchev–Trinajstić information content (AvgIpc) is 3.53. The number of benzene rings is 2. The van der Waals surface area contributed by atoms with Crippen molar-refractivity contribution in [1.82, 2.24) is 19.4 Å². The molecule has 1 N–H and O–H groups in total. The summed E-state index contributed by atoms with van der Waals surface area (Å²) < 4.78 is 46.9. The Morgan fingerprint density at radius 3 is 2.75 bits per heavy atom. The number of methoxy groups -OCH3 is 1. The molecule has 2 bridgehead atoms. The number of hydrogen-bond donors (Lipinski definition) is 1. The Labute approximate surface area is 357 Å². The number of amides is 2. The summed E-state index contributed by atoms with van der Waals surface area (Å²) in [4.78, 5) is 45.9. The standard InChI is InChI=1S/C44H55ClN6O8S/c1-29-6-4-8-38(59-40(52)15-17-50-18-20-57-21-19-50)34-12-9-32(34)24-51-27-44(16-5-7-30-22-33(45)11-13-36(30)44)28-58-39-14-10-31(23-37(39)51)41(53)47-60(55,26-29)48-42(54)35-25-49(2)46-43(35)56-3/h4,8,10-11,13-14,22-23,25,29,32,34,38H,5-7,9,12,15-21,24,26-28H2,1-3H3,(H,47,48,53,54,55)/b8-4+/t29-,32-,34+,38-,44-,60?/m0/s1. The van der Waals surface area contributed by atoms with Crippen molar-refractivity contribution >= 4 is 45.0 Å². The Hall–Kier alpha value is -4.44. The van der Waals surface area contributed by atoms with Crippen LogP contribution in [0.4, 0.5) is 5.69 Å². The summed E-state index contributed by atoms with van der Waals surface area (Å²) in [6.45, 7) is 7.11. The molecular weight excluding hydrogens is 808 g/mol. The molecule has 1 saturated carbocycles. The van der Waals surface area contributed by atoms with Crippen molar-refractivity contribution in [3.05, 3.63) is 82.0 Å². The molecule has 1 spiro atoms. The first-order valence-electron chi connectivity index (χ1n) is 21.1. The lowest BCUT2D eigenvalue weighted by Crippen LogP contribution is -2.50. The van der Waals surface area contributed by atoms with Crippen LogP contribution in [0.25, 0.3) is 0 Å². The number of morpholine rings is 1. The highest BCUT2D eigenvalue weighted by Crippen LogP contribution is 2.47. The normalized spacial score (nSPS) is 28.8. The summed E-state index contributed by atoms with van der Waals surface area (Å²) in [5.74, 6) is -1.12. The zero-order chi connectivity index (χ0) is 42.0. The predicted molar refractivity (Wildman–Crippen MR) is 228 cm³/mol. The number of ether oxygens (including phenoxy) is 4. The number of hydrogen-bond acceptors (Lipinski definition) is 11. The van der Waals surface area contributed by atoms with Crippen molar-refractivity contribution in [2.75, 3.05) is 70.3 Å². The first-order valence-corrected chi connectivity index (χ1v) is 23.1. The SMILES string of the molecule is COc1nn(C)cc1C(=O)NS1(=O)=NC(=O)c2ccc3c(c2)N(C[C@@H]2CC[C@H]2[C@@H](OC(=O)CCN2CCOCC2)/C=C/C[C@H](C)C1)C[C@@]1(CCCc2cc(Cl)ccc21)CO3. The molecule has 1 aromatic heterocycles. The first-order chi connectivity index (χ1) is 28.9. The average molecular weight is 863 g/mol. The van der Waals surface area contributed by atoms with Gasteiger partial charge in [0.05, 0.1) is 44.8 Å². The molecule has 16 heteroatoms. The lowest BCUT2D eigenvalue weighted by atomic mass is 9.68. The van der Waals surface area contributed by atoms with Crippen LogP contribution in [0.15, 0.2) is 59.1 Å². The van der Waals surface area contributed by atoms with E-state index in [-0.39, 0.29) is 58.3 Å². The van der Waals surface area contributed by atoms with Crippen molar-refractivity contribution in [2.24, 2.45) is 29.2 Å². The van der Waals surface area contributed by atoms with Crippen LogP contribution < -0.4 is 19.1 Å². The van der Waals surface area contributed by atoms with E-state index >= 15 is 0 Å². The lowest BCUT2D eigenvalue weighted by Gasteiger charge is -2.46. The van der Waals surface area contributed by atoms with Crippen molar-refractivity contribution in [3.8, 4) is 11.6 Å². The summed E-state index contributed by atoms with van der Waals surface area (Å²) >= 11 is 6.50. The first kappa shape index (κ1) is 42.3. The highest BCUT2D eigenvalue weighted by molar-refractivity contribution is 7.92. The van der Waals surface area contributed by atoms with Crippen LogP contribution >= 0.6 is 11.6 Å². The number of nitrogens with zero attached hydrogens (tertiary/aromatic N) is 5. The molecule has 3 aromatic rings. The quantitative estimate of drug-likeness (QED) is 0.228. The van der Waals surface area contributed by atoms with E-state index in [2.05, 4.69) is 36.1 Å². The van der Waals surface area contributed by atoms with Crippen molar-refractivity contribution in [2.45, 2.75) is 63.4 Å². The second-order valence-electron chi connectivity index (χ2n) is 17.1. The molecule has 322 valence electrons. The topological polar surface area (TPSA) is 154 Å². The monoisotopic (exact) mass is 862 g/mol. The fourth-order valence-electron chi connectivity index (χ4n) is 9.50. The van der Waals surface area contributed by atoms with Gasteiger partial charge in [-0.05, 0) is 97.9 Å². The van der Waals surface area contributed by atoms with E-state index in [1.807, 2.05) is 25.1 Å². The fourth-order valence-corrected chi connectivity index (χ4v) is 11.6. The molecule has 0 radical (unpaired) electrons. The van der Waals surface area contributed by atoms with Crippen molar-refractivity contribution in [1.29, 1.82) is 0 Å². The highest BCUT2D eigenvalue weighted by atomic mass is 35.5. The Morgan fingerprint density at radius 2 is 1.97 bits per heavy atom. The van der Waals surface area contributed by atoms with E-state index < -0.39 is 27.8 Å². The zero-order valence-corrected chi connectivity index (χ0v) is 36.2. The number of esters is 1. The van der Waals surface area contributed by atoms with Gasteiger partial charge in [-0.3, -0.25) is 28.7 Å². The van der Waals surface area contributed by atoms with Crippen molar-refractivity contribution < 1.29 is 37.5 Å². The molecule has 60 heavy (non-hydrogen) atoms. The van der Waals surface area contributed by atoms with Crippen LogP contribution in [0.5, 0.6) is 11.6 Å². The number of halogens is 1. The number of carbonyl (C=O) groups is 3. The highest BCUT2D eigenvalue weighted by Gasteiger charge is 2.45. The van der Waals surface area contributed by atoms with E-state index in [1.165, 1.54) is 29.1 Å². The number of rotatable bonds is 7. The molecule has 5 aliphatic rings. The van der Waals surface area contributed by atoms with Crippen LogP contribution in [0, 0.1) is 17.8 Å². The van der Waals surface area contributed by atoms with E-state index in [0.717, 1.165) is 50.9 Å². The van der Waals surface area contributed by atoms with Gasteiger partial charge in [0, 0.05) is 67.9 Å². The van der Waals surface area contributed by atoms with Gasteiger partial charge in [0.25, 0.3) is 11.8 Å². The molecule has 6 atom stereocenters. The largest absolute Gasteiger partial charge is 0.490 e. The number of aryl methyl sites for hydroxylation is 2. The minimum absolute atomic E-state index is 0.0562. The minimum Gasteiger partial charge on any atom is -0.490 e. The molecule has 2 aromatic carbocycles. The fraction of sp³-hybridized carbons (Fsp3) is 0.545. The maximum atomic E-state index is 14.8. The molecule has 2 aliphatic carbocycles. The van der Waals surface area contributed by atoms with Gasteiger partial charge in [0.2, 0.25) is 5.88 Å². The third-order valence-corrected chi connectivity index (χ3v) is 15.0. The Balaban J connectivity index is 1.16. The molecule has 14 nitrogen and oxygen atoms in total. The second kappa shape index (κ2) is 17.9. The molecule has 8 rings (SSSR count). The molecule has 1 saturated heterocycles. The van der Waals surface area contributed by atoms with Gasteiger partial charge in [-0.2, -0.15) is 0 Å². The zero-order valence-electron chi connectivity index (χ0n) is 34.6. The second-order valence-corrected chi connectivity index (χ2v) is 19.5. The number of anilines is 1. The number of nitrogens with one attached hydrogen (secondary N) is 1. The van der Waals surface area contributed by atoms with Crippen LogP contribution in [-0.4, -0.2) is 108 Å². The number of allylic oxidation sites excluding steroid dienone is 1. The van der Waals surface area contributed by atoms with Crippen LogP contribution in [0.1, 0.15) is 77.3 Å². The van der Waals surface area contributed by atoms with Gasteiger partial charge >= 0.3 is 5.97 Å². The Kier molecular flexibility index (Phi) is 12.6. The van der Waals surface area contributed by atoms with Gasteiger partial charge in [-0.15, -0.1) is 9.46 Å². The summed E-state index contributed by atoms with van der Waals surface area (Å²) in [5.41, 5.74) is 3.13. The molecule has 2 fully saturated rings. The van der Waals surface area contributed by atoms with E-state index in [1.54, 1.807) is 25.2 Å². The maximum Gasteiger partial charge on any atom is 0.307 e. The van der Waals surface area contributed by atoms with Gasteiger partial charge < -0.3 is 23.8 Å². The minimum atomic E-state index is -3.69. The third-order valence-electron chi connectivity index (χ3n) is 12.7. The van der Waals surface area contributed by atoms with Crippen molar-refractivity contribution in [3.63, 3.8) is 0 Å². The number of carbonyl (C=O) groups excluding carboxylic acids is 3. The van der Waals surface area contributed by atoms with Gasteiger partial charge in [0.1, 0.15) is 27.3 Å². The molecular formula is C44H55ClN6O8S. The van der Waals surface area contributed by atoms with Gasteiger partial charge in [-0.25, -0.2) is 4.21 Å². The smallest absolute Gasteiger partial charge is 0.307 e.